The quantitative estimate of drug-likeness (QED) is 0.471. The van der Waals surface area contributed by atoms with E-state index in [0.29, 0.717) is 17.1 Å². The normalized spacial score (nSPS) is 16.2. The number of rotatable bonds is 6. The Morgan fingerprint density at radius 1 is 1.31 bits per heavy atom. The van der Waals surface area contributed by atoms with E-state index in [1.807, 2.05) is 19.1 Å². The molecule has 0 aliphatic heterocycles. The van der Waals surface area contributed by atoms with E-state index in [2.05, 4.69) is 11.1 Å². The van der Waals surface area contributed by atoms with E-state index in [0.717, 1.165) is 36.0 Å². The summed E-state index contributed by atoms with van der Waals surface area (Å²) >= 11 is 0. The van der Waals surface area contributed by atoms with Crippen LogP contribution in [-0.2, 0) is 4.79 Å². The minimum atomic E-state index is -0.958. The topological polar surface area (TPSA) is 72.2 Å². The number of aromatic carboxylic acids is 1. The van der Waals surface area contributed by atoms with Crippen LogP contribution in [-0.4, -0.2) is 26.9 Å². The van der Waals surface area contributed by atoms with E-state index in [1.165, 1.54) is 18.9 Å². The smallest absolute Gasteiger partial charge is 0.335 e. The van der Waals surface area contributed by atoms with Crippen LogP contribution in [0.1, 0.15) is 54.8 Å². The first kappa shape index (κ1) is 17.9. The number of carbonyl (C=O) groups is 2. The molecule has 0 radical (unpaired) electrons. The lowest BCUT2D eigenvalue weighted by Crippen LogP contribution is -2.08. The van der Waals surface area contributed by atoms with Crippen LogP contribution in [0.3, 0.4) is 0 Å². The molecule has 3 rings (SSSR count). The highest BCUT2D eigenvalue weighted by Crippen LogP contribution is 2.35. The summed E-state index contributed by atoms with van der Waals surface area (Å²) in [6.45, 7) is 5.57. The average molecular weight is 350 g/mol. The molecule has 1 aromatic carbocycles. The van der Waals surface area contributed by atoms with Gasteiger partial charge in [0.05, 0.1) is 16.6 Å². The molecule has 1 aliphatic carbocycles. The van der Waals surface area contributed by atoms with Gasteiger partial charge >= 0.3 is 5.97 Å². The van der Waals surface area contributed by atoms with Crippen LogP contribution in [0.4, 0.5) is 0 Å². The Kier molecular flexibility index (Phi) is 5.16. The average Bonchev–Trinajstić information content (AvgIpc) is 3.28. The van der Waals surface area contributed by atoms with Crippen molar-refractivity contribution in [1.29, 1.82) is 0 Å². The molecule has 1 heterocycles. The summed E-state index contributed by atoms with van der Waals surface area (Å²) in [6, 6.07) is 5.46. The van der Waals surface area contributed by atoms with Gasteiger partial charge < -0.3 is 9.67 Å². The molecule has 5 nitrogen and oxygen atoms in total. The number of nitrogens with zero attached hydrogens (tertiary/aromatic N) is 2. The molecule has 1 N–H and O–H groups in total. The van der Waals surface area contributed by atoms with Gasteiger partial charge in [0.25, 0.3) is 0 Å². The van der Waals surface area contributed by atoms with Crippen molar-refractivity contribution in [1.82, 2.24) is 9.55 Å². The third-order valence-corrected chi connectivity index (χ3v) is 4.88. The van der Waals surface area contributed by atoms with E-state index in [4.69, 9.17) is 4.98 Å². The molecule has 1 aromatic heterocycles. The van der Waals surface area contributed by atoms with Crippen LogP contribution < -0.4 is 0 Å². The summed E-state index contributed by atoms with van der Waals surface area (Å²) in [4.78, 5) is 26.9. The van der Waals surface area contributed by atoms with Crippen molar-refractivity contribution in [2.75, 3.05) is 0 Å². The van der Waals surface area contributed by atoms with Gasteiger partial charge in [-0.2, -0.15) is 0 Å². The number of carboxylic acids is 1. The second-order valence-corrected chi connectivity index (χ2v) is 6.59. The molecular weight excluding hydrogens is 328 g/mol. The first-order chi connectivity index (χ1) is 12.5. The first-order valence-electron chi connectivity index (χ1n) is 8.77. The molecule has 0 unspecified atom stereocenters. The highest BCUT2D eigenvalue weighted by atomic mass is 16.4. The third kappa shape index (κ3) is 3.38. The molecule has 5 heteroatoms. The first-order valence-corrected chi connectivity index (χ1v) is 8.77. The molecule has 1 aliphatic rings. The van der Waals surface area contributed by atoms with Gasteiger partial charge in [-0.25, -0.2) is 9.78 Å². The number of fused-ring (bicyclic) bond motifs is 1. The molecule has 0 spiro atoms. The Balaban J connectivity index is 2.16. The van der Waals surface area contributed by atoms with Crippen molar-refractivity contribution < 1.29 is 14.7 Å². The molecule has 2 aromatic rings. The van der Waals surface area contributed by atoms with Crippen LogP contribution >= 0.6 is 0 Å². The lowest BCUT2D eigenvalue weighted by Gasteiger charge is -2.16. The predicted molar refractivity (Wildman–Crippen MR) is 102 cm³/mol. The minimum Gasteiger partial charge on any atom is -0.478 e. The molecule has 1 fully saturated rings. The van der Waals surface area contributed by atoms with Gasteiger partial charge in [0, 0.05) is 11.6 Å². The van der Waals surface area contributed by atoms with Crippen molar-refractivity contribution in [3.05, 3.63) is 60.0 Å². The van der Waals surface area contributed by atoms with Crippen LogP contribution in [0, 0.1) is 0 Å². The van der Waals surface area contributed by atoms with Crippen molar-refractivity contribution in [2.24, 2.45) is 0 Å². The zero-order valence-electron chi connectivity index (χ0n) is 14.8. The lowest BCUT2D eigenvalue weighted by atomic mass is 10.1. The van der Waals surface area contributed by atoms with E-state index in [9.17, 15) is 14.7 Å². The molecule has 0 amide bonds. The fourth-order valence-electron chi connectivity index (χ4n) is 3.49. The molecular formula is C21H22N2O3. The Morgan fingerprint density at radius 2 is 2.04 bits per heavy atom. The van der Waals surface area contributed by atoms with E-state index in [-0.39, 0.29) is 5.56 Å². The number of benzene rings is 1. The number of hydrogen-bond acceptors (Lipinski definition) is 3. The standard InChI is InChI=1S/C21H22N2O3/c1-3-15(13-24)9-8-14(2)20-22-18-12-16(21(25)26)10-11-19(18)23(20)17-6-4-5-7-17/h3,8-13,17H,1,4-7H2,2H3,(H,25,26)/b14-8+,15-9+. The lowest BCUT2D eigenvalue weighted by molar-refractivity contribution is -0.104. The van der Waals surface area contributed by atoms with Gasteiger partial charge in [-0.15, -0.1) is 0 Å². The molecule has 0 bridgehead atoms. The van der Waals surface area contributed by atoms with Crippen LogP contribution in [0.25, 0.3) is 16.6 Å². The maximum Gasteiger partial charge on any atom is 0.335 e. The van der Waals surface area contributed by atoms with Crippen molar-refractivity contribution in [3.63, 3.8) is 0 Å². The van der Waals surface area contributed by atoms with E-state index < -0.39 is 5.97 Å². The Morgan fingerprint density at radius 3 is 2.65 bits per heavy atom. The van der Waals surface area contributed by atoms with Crippen molar-refractivity contribution in [2.45, 2.75) is 38.6 Å². The maximum absolute atomic E-state index is 11.3. The summed E-state index contributed by atoms with van der Waals surface area (Å²) in [5.74, 6) is -0.138. The molecule has 134 valence electrons. The zero-order valence-corrected chi connectivity index (χ0v) is 14.8. The van der Waals surface area contributed by atoms with E-state index >= 15 is 0 Å². The number of carboxylic acid groups (broad SMARTS) is 1. The number of aldehydes is 1. The Labute approximate surface area is 152 Å². The summed E-state index contributed by atoms with van der Waals surface area (Å²) < 4.78 is 2.22. The fourth-order valence-corrected chi connectivity index (χ4v) is 3.49. The van der Waals surface area contributed by atoms with Gasteiger partial charge in [-0.1, -0.05) is 37.6 Å². The monoisotopic (exact) mass is 350 g/mol. The third-order valence-electron chi connectivity index (χ3n) is 4.88. The van der Waals surface area contributed by atoms with Gasteiger partial charge in [0.1, 0.15) is 12.1 Å². The number of imidazole rings is 1. The summed E-state index contributed by atoms with van der Waals surface area (Å²) in [5, 5.41) is 9.24. The van der Waals surface area contributed by atoms with Gasteiger partial charge in [-0.05, 0) is 43.5 Å². The number of allylic oxidation sites excluding steroid dienone is 5. The molecule has 0 saturated heterocycles. The number of carbonyl (C=O) groups excluding carboxylic acids is 1. The molecule has 0 atom stereocenters. The van der Waals surface area contributed by atoms with Crippen molar-refractivity contribution in [3.8, 4) is 0 Å². The van der Waals surface area contributed by atoms with Crippen molar-refractivity contribution >= 4 is 28.9 Å². The highest BCUT2D eigenvalue weighted by molar-refractivity contribution is 5.93. The Hall–Kier alpha value is -2.95. The second-order valence-electron chi connectivity index (χ2n) is 6.59. The van der Waals surface area contributed by atoms with Crippen LogP contribution in [0.2, 0.25) is 0 Å². The summed E-state index contributed by atoms with van der Waals surface area (Å²) in [6.07, 6.45) is 10.4. The SMILES string of the molecule is C=C/C(C=O)=C\C=C(/C)c1nc2cc(C(=O)O)ccc2n1C1CCCC1. The zero-order chi connectivity index (χ0) is 18.7. The molecule has 26 heavy (non-hydrogen) atoms. The van der Waals surface area contributed by atoms with Crippen LogP contribution in [0.5, 0.6) is 0 Å². The van der Waals surface area contributed by atoms with Gasteiger partial charge in [0.2, 0.25) is 0 Å². The second kappa shape index (κ2) is 7.52. The minimum absolute atomic E-state index is 0.233. The molecule has 1 saturated carbocycles. The summed E-state index contributed by atoms with van der Waals surface area (Å²) in [7, 11) is 0. The highest BCUT2D eigenvalue weighted by Gasteiger charge is 2.23. The Bertz CT molecular complexity index is 918. The number of aromatic nitrogens is 2. The van der Waals surface area contributed by atoms with Gasteiger partial charge in [0.15, 0.2) is 0 Å². The van der Waals surface area contributed by atoms with Crippen LogP contribution in [0.15, 0.2) is 48.6 Å². The largest absolute Gasteiger partial charge is 0.478 e. The van der Waals surface area contributed by atoms with E-state index in [1.54, 1.807) is 18.2 Å². The summed E-state index contributed by atoms with van der Waals surface area (Å²) in [5.41, 5.74) is 3.29. The van der Waals surface area contributed by atoms with Gasteiger partial charge in [-0.3, -0.25) is 4.79 Å². The maximum atomic E-state index is 11.3. The fraction of sp³-hybridized carbons (Fsp3) is 0.286. The predicted octanol–water partition coefficient (Wildman–Crippen LogP) is 4.56. The number of hydrogen-bond donors (Lipinski definition) is 1.